The highest BCUT2D eigenvalue weighted by molar-refractivity contribution is 6.13. The summed E-state index contributed by atoms with van der Waals surface area (Å²) in [5.41, 5.74) is 18.1. The Hall–Kier alpha value is -6.00. The Morgan fingerprint density at radius 1 is 0.387 bits per heavy atom. The summed E-state index contributed by atoms with van der Waals surface area (Å²) in [4.78, 5) is 0. The summed E-state index contributed by atoms with van der Waals surface area (Å²) in [7, 11) is 0. The van der Waals surface area contributed by atoms with Gasteiger partial charge in [-0.2, -0.15) is 0 Å². The molecule has 0 spiro atoms. The van der Waals surface area contributed by atoms with E-state index >= 15 is 8.78 Å². The van der Waals surface area contributed by atoms with Gasteiger partial charge in [-0.15, -0.1) is 0 Å². The maximum Gasteiger partial charge on any atom is 0.123 e. The summed E-state index contributed by atoms with van der Waals surface area (Å²) in [6, 6.07) is 42.1. The first-order valence-electron chi connectivity index (χ1n) is 23.0. The average molecular weight is 817 g/mol. The van der Waals surface area contributed by atoms with Gasteiger partial charge in [0.2, 0.25) is 0 Å². The van der Waals surface area contributed by atoms with Crippen molar-refractivity contribution >= 4 is 43.6 Å². The molecular weight excluding hydrogens is 763 g/mol. The van der Waals surface area contributed by atoms with Crippen LogP contribution in [0.15, 0.2) is 121 Å². The molecule has 0 bridgehead atoms. The number of hydrogen-bond donors (Lipinski definition) is 0. The molecule has 9 aromatic rings. The van der Waals surface area contributed by atoms with Gasteiger partial charge in [0.15, 0.2) is 0 Å². The summed E-state index contributed by atoms with van der Waals surface area (Å²) in [5, 5.41) is 4.86. The van der Waals surface area contributed by atoms with Crippen LogP contribution in [0, 0.1) is 39.3 Å². The zero-order valence-electron chi connectivity index (χ0n) is 36.4. The summed E-state index contributed by atoms with van der Waals surface area (Å²) in [6.07, 6.45) is 11.2. The molecular formula is C58H54F2N2. The Bertz CT molecular complexity index is 3010. The Balaban J connectivity index is 1.47. The minimum atomic E-state index is -0.260. The molecule has 0 unspecified atom stereocenters. The largest absolute Gasteiger partial charge is 0.309 e. The van der Waals surface area contributed by atoms with Crippen molar-refractivity contribution in [1.82, 2.24) is 9.13 Å². The Morgan fingerprint density at radius 3 is 1.06 bits per heavy atom. The van der Waals surface area contributed by atoms with Gasteiger partial charge in [-0.3, -0.25) is 0 Å². The fourth-order valence-electron chi connectivity index (χ4n) is 11.7. The molecule has 2 nitrogen and oxygen atoms in total. The van der Waals surface area contributed by atoms with Crippen LogP contribution < -0.4 is 0 Å². The molecule has 11 rings (SSSR count). The number of aromatic nitrogens is 2. The fraction of sp³-hybridized carbons (Fsp3) is 0.276. The number of nitrogens with zero attached hydrogens (tertiary/aromatic N) is 2. The summed E-state index contributed by atoms with van der Waals surface area (Å²) in [6.45, 7) is 8.71. The van der Waals surface area contributed by atoms with Gasteiger partial charge in [0.25, 0.3) is 0 Å². The molecule has 0 saturated heterocycles. The van der Waals surface area contributed by atoms with Crippen LogP contribution in [-0.4, -0.2) is 9.13 Å². The highest BCUT2D eigenvalue weighted by Crippen LogP contribution is 2.56. The second-order valence-corrected chi connectivity index (χ2v) is 18.7. The smallest absolute Gasteiger partial charge is 0.123 e. The zero-order chi connectivity index (χ0) is 42.2. The fourth-order valence-corrected chi connectivity index (χ4v) is 11.7. The van der Waals surface area contributed by atoms with Gasteiger partial charge in [-0.05, 0) is 160 Å². The molecule has 2 aliphatic carbocycles. The van der Waals surface area contributed by atoms with Crippen molar-refractivity contribution < 1.29 is 8.78 Å². The number of halogens is 2. The first-order valence-corrected chi connectivity index (χ1v) is 23.0. The summed E-state index contributed by atoms with van der Waals surface area (Å²) < 4.78 is 37.4. The molecule has 2 fully saturated rings. The van der Waals surface area contributed by atoms with Crippen LogP contribution in [0.25, 0.3) is 77.2 Å². The lowest BCUT2D eigenvalue weighted by Crippen LogP contribution is -2.20. The van der Waals surface area contributed by atoms with Gasteiger partial charge in [0.05, 0.1) is 33.4 Å². The van der Waals surface area contributed by atoms with Crippen LogP contribution in [0.5, 0.6) is 0 Å². The van der Waals surface area contributed by atoms with Gasteiger partial charge in [0.1, 0.15) is 11.6 Å². The van der Waals surface area contributed by atoms with E-state index in [1.165, 1.54) is 84.5 Å². The molecule has 2 saturated carbocycles. The van der Waals surface area contributed by atoms with Crippen molar-refractivity contribution in [3.8, 4) is 33.6 Å². The van der Waals surface area contributed by atoms with E-state index in [9.17, 15) is 0 Å². The normalized spacial score (nSPS) is 15.5. The number of aryl methyl sites for hydroxylation is 4. The first kappa shape index (κ1) is 38.9. The van der Waals surface area contributed by atoms with E-state index < -0.39 is 0 Å². The first-order chi connectivity index (χ1) is 30.2. The summed E-state index contributed by atoms with van der Waals surface area (Å²) in [5.74, 6) is -0.0737. The molecule has 4 heteroatoms. The minimum absolute atomic E-state index is 0.223. The molecule has 7 aromatic carbocycles. The molecule has 0 N–H and O–H groups in total. The van der Waals surface area contributed by atoms with Crippen molar-refractivity contribution in [2.75, 3.05) is 0 Å². The molecule has 0 atom stereocenters. The molecule has 0 aliphatic heterocycles. The van der Waals surface area contributed by atoms with E-state index in [0.717, 1.165) is 90.3 Å². The van der Waals surface area contributed by atoms with Gasteiger partial charge >= 0.3 is 0 Å². The molecule has 2 aromatic heterocycles. The van der Waals surface area contributed by atoms with E-state index in [4.69, 9.17) is 0 Å². The van der Waals surface area contributed by atoms with Crippen molar-refractivity contribution in [2.45, 2.75) is 104 Å². The average Bonchev–Trinajstić information content (AvgIpc) is 3.76. The Kier molecular flexibility index (Phi) is 9.67. The third kappa shape index (κ3) is 6.40. The van der Waals surface area contributed by atoms with Crippen LogP contribution in [0.4, 0.5) is 8.78 Å². The molecule has 0 amide bonds. The lowest BCUT2D eigenvalue weighted by Gasteiger charge is -2.37. The third-order valence-electron chi connectivity index (χ3n) is 14.4. The SMILES string of the molecule is Cc1ccc2c(c1)c1cc(C)ccc1n2-c1c(-c2cccc(F)c2)c(C2CCCCC2)c(-n2c3ccc(C)cc3c3cc(C)ccc32)c(C2CCCCC2)c1-c1cccc(F)c1. The maximum absolute atomic E-state index is 16.1. The van der Waals surface area contributed by atoms with E-state index in [0.29, 0.717) is 0 Å². The molecule has 310 valence electrons. The van der Waals surface area contributed by atoms with Crippen molar-refractivity contribution in [3.05, 3.63) is 166 Å². The maximum atomic E-state index is 16.1. The molecule has 2 heterocycles. The van der Waals surface area contributed by atoms with Crippen LogP contribution >= 0.6 is 0 Å². The topological polar surface area (TPSA) is 9.86 Å². The van der Waals surface area contributed by atoms with Crippen LogP contribution in [-0.2, 0) is 0 Å². The van der Waals surface area contributed by atoms with Crippen LogP contribution in [0.2, 0.25) is 0 Å². The predicted molar refractivity (Wildman–Crippen MR) is 257 cm³/mol. The molecule has 62 heavy (non-hydrogen) atoms. The van der Waals surface area contributed by atoms with Gasteiger partial charge in [-0.25, -0.2) is 8.78 Å². The highest BCUT2D eigenvalue weighted by Gasteiger charge is 2.37. The quantitative estimate of drug-likeness (QED) is 0.158. The lowest BCUT2D eigenvalue weighted by molar-refractivity contribution is 0.435. The monoisotopic (exact) mass is 816 g/mol. The second-order valence-electron chi connectivity index (χ2n) is 18.7. The van der Waals surface area contributed by atoms with Crippen LogP contribution in [0.3, 0.4) is 0 Å². The van der Waals surface area contributed by atoms with E-state index in [1.54, 1.807) is 24.3 Å². The predicted octanol–water partition coefficient (Wildman–Crippen LogP) is 16.8. The van der Waals surface area contributed by atoms with Crippen LogP contribution in [0.1, 0.15) is 109 Å². The van der Waals surface area contributed by atoms with Gasteiger partial charge < -0.3 is 9.13 Å². The Labute approximate surface area is 363 Å². The molecule has 0 radical (unpaired) electrons. The standard InChI is InChI=1S/C58H54F2N2/c1-35-21-25-49-45(29-35)46-30-36(2)22-26-50(46)61(49)57-53(39-13-7-5-8-14-39)55(41-17-11-19-43(59)33-41)58(56(42-18-12-20-44(60)34-42)54(57)40-15-9-6-10-16-40)62-51-27-23-37(3)31-47(51)48-32-38(4)24-28-52(48)62/h11-12,17-34,39-40H,5-10,13-16H2,1-4H3. The van der Waals surface area contributed by atoms with Crippen molar-refractivity contribution in [1.29, 1.82) is 0 Å². The van der Waals surface area contributed by atoms with Crippen molar-refractivity contribution in [2.24, 2.45) is 0 Å². The van der Waals surface area contributed by atoms with E-state index in [1.807, 2.05) is 12.1 Å². The van der Waals surface area contributed by atoms with Gasteiger partial charge in [0, 0.05) is 32.7 Å². The third-order valence-corrected chi connectivity index (χ3v) is 14.4. The van der Waals surface area contributed by atoms with Crippen molar-refractivity contribution in [3.63, 3.8) is 0 Å². The lowest BCUT2D eigenvalue weighted by atomic mass is 9.72. The zero-order valence-corrected chi connectivity index (χ0v) is 36.4. The number of fused-ring (bicyclic) bond motifs is 6. The van der Waals surface area contributed by atoms with E-state index in [2.05, 4.69) is 122 Å². The Morgan fingerprint density at radius 2 is 0.726 bits per heavy atom. The number of rotatable bonds is 6. The number of benzene rings is 7. The molecule has 2 aliphatic rings. The van der Waals surface area contributed by atoms with E-state index in [-0.39, 0.29) is 23.5 Å². The van der Waals surface area contributed by atoms with Gasteiger partial charge in [-0.1, -0.05) is 109 Å². The summed E-state index contributed by atoms with van der Waals surface area (Å²) >= 11 is 0. The minimum Gasteiger partial charge on any atom is -0.309 e. The highest BCUT2D eigenvalue weighted by atomic mass is 19.1. The second kappa shape index (κ2) is 15.4. The number of hydrogen-bond acceptors (Lipinski definition) is 0.